The van der Waals surface area contributed by atoms with Crippen LogP contribution < -0.4 is 4.90 Å². The summed E-state index contributed by atoms with van der Waals surface area (Å²) in [6.07, 6.45) is 5.68. The third-order valence-corrected chi connectivity index (χ3v) is 4.55. The van der Waals surface area contributed by atoms with Gasteiger partial charge in [0.05, 0.1) is 4.47 Å². The summed E-state index contributed by atoms with van der Waals surface area (Å²) >= 11 is 3.67. The number of aryl methyl sites for hydroxylation is 1. The Balaban J connectivity index is 2.38. The average molecular weight is 283 g/mol. The molecule has 2 nitrogen and oxygen atoms in total. The summed E-state index contributed by atoms with van der Waals surface area (Å²) < 4.78 is 1.15. The van der Waals surface area contributed by atoms with E-state index in [1.807, 2.05) is 6.20 Å². The second kappa shape index (κ2) is 4.74. The van der Waals surface area contributed by atoms with E-state index in [1.165, 1.54) is 24.8 Å². The molecule has 2 heterocycles. The van der Waals surface area contributed by atoms with Crippen LogP contribution in [0.1, 0.15) is 38.7 Å². The van der Waals surface area contributed by atoms with Gasteiger partial charge in [-0.3, -0.25) is 0 Å². The monoisotopic (exact) mass is 282 g/mol. The van der Waals surface area contributed by atoms with Crippen molar-refractivity contribution >= 4 is 21.7 Å². The van der Waals surface area contributed by atoms with E-state index in [0.29, 0.717) is 12.1 Å². The molecule has 88 valence electrons. The van der Waals surface area contributed by atoms with Crippen LogP contribution in [0.2, 0.25) is 0 Å². The second-order valence-corrected chi connectivity index (χ2v) is 5.45. The van der Waals surface area contributed by atoms with Gasteiger partial charge >= 0.3 is 0 Å². The molecule has 2 atom stereocenters. The fourth-order valence-corrected chi connectivity index (χ4v) is 3.00. The topological polar surface area (TPSA) is 16.1 Å². The van der Waals surface area contributed by atoms with Gasteiger partial charge in [-0.05, 0) is 60.7 Å². The van der Waals surface area contributed by atoms with Crippen molar-refractivity contribution in [2.45, 2.75) is 52.1 Å². The highest BCUT2D eigenvalue weighted by molar-refractivity contribution is 9.10. The molecule has 2 rings (SSSR count). The first-order chi connectivity index (χ1) is 7.65. The maximum atomic E-state index is 4.55. The summed E-state index contributed by atoms with van der Waals surface area (Å²) in [6.45, 7) is 6.68. The van der Waals surface area contributed by atoms with Gasteiger partial charge in [0.25, 0.3) is 0 Å². The van der Waals surface area contributed by atoms with Crippen LogP contribution in [0, 0.1) is 6.92 Å². The van der Waals surface area contributed by atoms with E-state index in [9.17, 15) is 0 Å². The zero-order valence-electron chi connectivity index (χ0n) is 10.2. The Hall–Kier alpha value is -0.570. The zero-order chi connectivity index (χ0) is 11.7. The predicted octanol–water partition coefficient (Wildman–Crippen LogP) is 3.92. The van der Waals surface area contributed by atoms with Crippen molar-refractivity contribution in [1.82, 2.24) is 4.98 Å². The summed E-state index contributed by atoms with van der Waals surface area (Å²) in [5.74, 6) is 1.12. The SMILES string of the molecule is CCC1CCC(C)N1c1nccc(C)c1Br. The Bertz CT molecular complexity index is 378. The lowest BCUT2D eigenvalue weighted by Gasteiger charge is -2.30. The molecule has 0 aromatic carbocycles. The van der Waals surface area contributed by atoms with Crippen molar-refractivity contribution in [3.63, 3.8) is 0 Å². The number of nitrogens with zero attached hydrogens (tertiary/aromatic N) is 2. The summed E-state index contributed by atoms with van der Waals surface area (Å²) in [5, 5.41) is 0. The van der Waals surface area contributed by atoms with Gasteiger partial charge in [0.15, 0.2) is 0 Å². The first-order valence-electron chi connectivity index (χ1n) is 6.04. The van der Waals surface area contributed by atoms with Gasteiger partial charge in [0.1, 0.15) is 5.82 Å². The number of hydrogen-bond donors (Lipinski definition) is 0. The van der Waals surface area contributed by atoms with Crippen LogP contribution in [0.5, 0.6) is 0 Å². The Morgan fingerprint density at radius 3 is 2.94 bits per heavy atom. The van der Waals surface area contributed by atoms with E-state index in [2.05, 4.69) is 52.7 Å². The molecular formula is C13H19BrN2. The molecule has 1 aromatic heterocycles. The molecule has 0 saturated carbocycles. The highest BCUT2D eigenvalue weighted by Gasteiger charge is 2.31. The van der Waals surface area contributed by atoms with Gasteiger partial charge in [0, 0.05) is 18.3 Å². The van der Waals surface area contributed by atoms with E-state index in [1.54, 1.807) is 0 Å². The zero-order valence-corrected chi connectivity index (χ0v) is 11.8. The second-order valence-electron chi connectivity index (χ2n) is 4.66. The molecule has 0 N–H and O–H groups in total. The van der Waals surface area contributed by atoms with Crippen molar-refractivity contribution in [1.29, 1.82) is 0 Å². The van der Waals surface area contributed by atoms with E-state index in [4.69, 9.17) is 0 Å². The molecule has 3 heteroatoms. The van der Waals surface area contributed by atoms with Crippen molar-refractivity contribution in [3.8, 4) is 0 Å². The molecule has 0 aliphatic carbocycles. The summed E-state index contributed by atoms with van der Waals surface area (Å²) in [4.78, 5) is 7.03. The van der Waals surface area contributed by atoms with E-state index in [-0.39, 0.29) is 0 Å². The van der Waals surface area contributed by atoms with E-state index < -0.39 is 0 Å². The Kier molecular flexibility index (Phi) is 3.53. The Morgan fingerprint density at radius 2 is 2.25 bits per heavy atom. The lowest BCUT2D eigenvalue weighted by molar-refractivity contribution is 0.620. The summed E-state index contributed by atoms with van der Waals surface area (Å²) in [7, 11) is 0. The molecule has 16 heavy (non-hydrogen) atoms. The quantitative estimate of drug-likeness (QED) is 0.817. The standard InChI is InChI=1S/C13H19BrN2/c1-4-11-6-5-10(3)16(11)13-12(14)9(2)7-8-15-13/h7-8,10-11H,4-6H2,1-3H3. The highest BCUT2D eigenvalue weighted by atomic mass is 79.9. The van der Waals surface area contributed by atoms with Crippen LogP contribution in [0.4, 0.5) is 5.82 Å². The van der Waals surface area contributed by atoms with Crippen molar-refractivity contribution in [3.05, 3.63) is 22.3 Å². The lowest BCUT2D eigenvalue weighted by atomic mass is 10.1. The van der Waals surface area contributed by atoms with Crippen LogP contribution >= 0.6 is 15.9 Å². The third-order valence-electron chi connectivity index (χ3n) is 3.57. The van der Waals surface area contributed by atoms with Gasteiger partial charge in [-0.1, -0.05) is 6.92 Å². The van der Waals surface area contributed by atoms with E-state index in [0.717, 1.165) is 10.3 Å². The Morgan fingerprint density at radius 1 is 1.50 bits per heavy atom. The number of aromatic nitrogens is 1. The maximum absolute atomic E-state index is 4.55. The summed E-state index contributed by atoms with van der Waals surface area (Å²) in [5.41, 5.74) is 1.26. The fraction of sp³-hybridized carbons (Fsp3) is 0.615. The number of rotatable bonds is 2. The van der Waals surface area contributed by atoms with Gasteiger partial charge in [-0.15, -0.1) is 0 Å². The smallest absolute Gasteiger partial charge is 0.143 e. The first-order valence-corrected chi connectivity index (χ1v) is 6.84. The molecular weight excluding hydrogens is 264 g/mol. The average Bonchev–Trinajstić information content (AvgIpc) is 2.64. The van der Waals surface area contributed by atoms with Crippen LogP contribution in [-0.4, -0.2) is 17.1 Å². The Labute approximate surface area is 106 Å². The van der Waals surface area contributed by atoms with Gasteiger partial charge in [-0.25, -0.2) is 4.98 Å². The van der Waals surface area contributed by atoms with E-state index >= 15 is 0 Å². The molecule has 0 spiro atoms. The molecule has 1 aromatic rings. The molecule has 1 aliphatic heterocycles. The summed E-state index contributed by atoms with van der Waals surface area (Å²) in [6, 6.07) is 3.31. The van der Waals surface area contributed by atoms with Crippen LogP contribution in [0.15, 0.2) is 16.7 Å². The predicted molar refractivity (Wildman–Crippen MR) is 71.9 cm³/mol. The molecule has 1 saturated heterocycles. The minimum absolute atomic E-state index is 0.607. The molecule has 0 amide bonds. The number of hydrogen-bond acceptors (Lipinski definition) is 2. The molecule has 1 fully saturated rings. The maximum Gasteiger partial charge on any atom is 0.143 e. The highest BCUT2D eigenvalue weighted by Crippen LogP contribution is 2.36. The molecule has 1 aliphatic rings. The fourth-order valence-electron chi connectivity index (χ4n) is 2.56. The number of pyridine rings is 1. The van der Waals surface area contributed by atoms with Gasteiger partial charge in [-0.2, -0.15) is 0 Å². The van der Waals surface area contributed by atoms with Crippen LogP contribution in [0.25, 0.3) is 0 Å². The van der Waals surface area contributed by atoms with Crippen molar-refractivity contribution in [2.24, 2.45) is 0 Å². The molecule has 0 radical (unpaired) electrons. The third kappa shape index (κ3) is 1.97. The largest absolute Gasteiger partial charge is 0.350 e. The minimum Gasteiger partial charge on any atom is -0.350 e. The van der Waals surface area contributed by atoms with Crippen molar-refractivity contribution in [2.75, 3.05) is 4.90 Å². The van der Waals surface area contributed by atoms with Gasteiger partial charge < -0.3 is 4.90 Å². The number of halogens is 1. The number of anilines is 1. The van der Waals surface area contributed by atoms with Crippen LogP contribution in [0.3, 0.4) is 0 Å². The normalized spacial score (nSPS) is 25.1. The lowest BCUT2D eigenvalue weighted by Crippen LogP contribution is -2.35. The molecule has 2 unspecified atom stereocenters. The molecule has 0 bridgehead atoms. The van der Waals surface area contributed by atoms with Crippen molar-refractivity contribution < 1.29 is 0 Å². The first kappa shape index (κ1) is 11.9. The van der Waals surface area contributed by atoms with Gasteiger partial charge in [0.2, 0.25) is 0 Å². The minimum atomic E-state index is 0.607. The van der Waals surface area contributed by atoms with Crippen LogP contribution in [-0.2, 0) is 0 Å².